The number of anilines is 1. The van der Waals surface area contributed by atoms with Gasteiger partial charge >= 0.3 is 0 Å². The predicted octanol–water partition coefficient (Wildman–Crippen LogP) is 0.196. The van der Waals surface area contributed by atoms with Crippen LogP contribution < -0.4 is 10.2 Å². The van der Waals surface area contributed by atoms with E-state index < -0.39 is 21.0 Å². The first-order valence-corrected chi connectivity index (χ1v) is 8.15. The summed E-state index contributed by atoms with van der Waals surface area (Å²) < 4.78 is 23.1. The van der Waals surface area contributed by atoms with Gasteiger partial charge in [0.05, 0.1) is 11.3 Å². The molecule has 0 bridgehead atoms. The first kappa shape index (κ1) is 14.5. The highest BCUT2D eigenvalue weighted by Crippen LogP contribution is 2.23. The molecule has 1 aromatic rings. The fourth-order valence-corrected chi connectivity index (χ4v) is 2.52. The molecule has 1 aliphatic rings. The van der Waals surface area contributed by atoms with Crippen LogP contribution in [-0.4, -0.2) is 44.8 Å². The fourth-order valence-electron chi connectivity index (χ4n) is 2.03. The van der Waals surface area contributed by atoms with E-state index in [0.29, 0.717) is 11.3 Å². The van der Waals surface area contributed by atoms with Gasteiger partial charge in [-0.1, -0.05) is 12.1 Å². The normalized spacial score (nSPS) is 16.9. The topological polar surface area (TPSA) is 83.6 Å². The molecule has 1 N–H and O–H groups in total. The lowest BCUT2D eigenvalue weighted by atomic mass is 10.1. The van der Waals surface area contributed by atoms with Crippen LogP contribution in [0.5, 0.6) is 0 Å². The summed E-state index contributed by atoms with van der Waals surface area (Å²) in [6, 6.07) is 6.67. The second kappa shape index (κ2) is 5.24. The molecule has 1 aliphatic heterocycles. The van der Waals surface area contributed by atoms with Crippen LogP contribution in [0.15, 0.2) is 24.3 Å². The molecule has 1 aromatic carbocycles. The number of carbonyl (C=O) groups excluding carboxylic acids is 2. The van der Waals surface area contributed by atoms with Crippen LogP contribution >= 0.6 is 0 Å². The van der Waals surface area contributed by atoms with Crippen molar-refractivity contribution in [1.29, 1.82) is 0 Å². The van der Waals surface area contributed by atoms with E-state index >= 15 is 0 Å². The molecule has 2 amide bonds. The van der Waals surface area contributed by atoms with Gasteiger partial charge in [0.25, 0.3) is 5.91 Å². The van der Waals surface area contributed by atoms with Crippen molar-refractivity contribution in [3.8, 4) is 0 Å². The number of hydrogen-bond donors (Lipinski definition) is 1. The predicted molar refractivity (Wildman–Crippen MR) is 75.4 cm³/mol. The summed E-state index contributed by atoms with van der Waals surface area (Å²) in [6.07, 6.45) is 1.03. The third-order valence-corrected chi connectivity index (χ3v) is 4.80. The van der Waals surface area contributed by atoms with Crippen molar-refractivity contribution in [2.45, 2.75) is 12.2 Å². The molecule has 1 atom stereocenters. The van der Waals surface area contributed by atoms with Crippen LogP contribution in [0.2, 0.25) is 0 Å². The van der Waals surface area contributed by atoms with Crippen molar-refractivity contribution < 1.29 is 18.0 Å². The quantitative estimate of drug-likeness (QED) is 0.845. The Balaban J connectivity index is 2.45. The Bertz CT molecular complexity index is 654. The number of nitrogens with one attached hydrogen (secondary N) is 1. The number of hydrogen-bond acceptors (Lipinski definition) is 4. The fraction of sp³-hybridized carbons (Fsp3) is 0.385. The van der Waals surface area contributed by atoms with Gasteiger partial charge in [-0.25, -0.2) is 8.42 Å². The molecule has 2 rings (SSSR count). The smallest absolute Gasteiger partial charge is 0.253 e. The third kappa shape index (κ3) is 2.67. The molecular formula is C13H16N2O4S. The maximum Gasteiger partial charge on any atom is 0.253 e. The van der Waals surface area contributed by atoms with Crippen molar-refractivity contribution in [3.05, 3.63) is 29.8 Å². The summed E-state index contributed by atoms with van der Waals surface area (Å²) in [4.78, 5) is 25.6. The molecule has 20 heavy (non-hydrogen) atoms. The molecule has 0 aromatic heterocycles. The molecule has 0 saturated heterocycles. The largest absolute Gasteiger partial charge is 0.350 e. The maximum absolute atomic E-state index is 12.4. The highest BCUT2D eigenvalue weighted by molar-refractivity contribution is 7.92. The van der Waals surface area contributed by atoms with Gasteiger partial charge in [0.15, 0.2) is 9.84 Å². The average Bonchev–Trinajstić information content (AvgIpc) is 2.56. The summed E-state index contributed by atoms with van der Waals surface area (Å²) >= 11 is 0. The minimum atomic E-state index is -3.48. The summed E-state index contributed by atoms with van der Waals surface area (Å²) in [5, 5.41) is 1.55. The highest BCUT2D eigenvalue weighted by Gasteiger charge is 2.32. The lowest BCUT2D eigenvalue weighted by molar-refractivity contribution is -0.117. The Labute approximate surface area is 117 Å². The second-order valence-electron chi connectivity index (χ2n) is 4.73. The molecular weight excluding hydrogens is 280 g/mol. The van der Waals surface area contributed by atoms with Gasteiger partial charge in [-0.3, -0.25) is 9.59 Å². The van der Waals surface area contributed by atoms with Gasteiger partial charge in [-0.05, 0) is 19.1 Å². The van der Waals surface area contributed by atoms with Gasteiger partial charge < -0.3 is 10.2 Å². The number of fused-ring (bicyclic) bond motifs is 1. The van der Waals surface area contributed by atoms with Gasteiger partial charge in [-0.2, -0.15) is 0 Å². The van der Waals surface area contributed by atoms with Crippen molar-refractivity contribution >= 4 is 27.3 Å². The van der Waals surface area contributed by atoms with Crippen LogP contribution in [-0.2, 0) is 14.6 Å². The lowest BCUT2D eigenvalue weighted by Gasteiger charge is -2.24. The summed E-state index contributed by atoms with van der Waals surface area (Å²) in [7, 11) is -3.48. The van der Waals surface area contributed by atoms with Crippen molar-refractivity contribution in [1.82, 2.24) is 5.32 Å². The second-order valence-corrected chi connectivity index (χ2v) is 7.10. The standard InChI is InChI=1S/C13H16N2O4S/c1-9(20(2,18)19)13(17)15-8-7-14-12(16)10-5-3-4-6-11(10)15/h3-6,9H,7-8H2,1-2H3,(H,14,16). The molecule has 0 spiro atoms. The lowest BCUT2D eigenvalue weighted by Crippen LogP contribution is -2.43. The van der Waals surface area contributed by atoms with E-state index in [1.807, 2.05) is 0 Å². The monoisotopic (exact) mass is 296 g/mol. The third-order valence-electron chi connectivity index (χ3n) is 3.32. The van der Waals surface area contributed by atoms with E-state index in [4.69, 9.17) is 0 Å². The van der Waals surface area contributed by atoms with Crippen LogP contribution in [0.3, 0.4) is 0 Å². The van der Waals surface area contributed by atoms with E-state index in [-0.39, 0.29) is 19.0 Å². The van der Waals surface area contributed by atoms with Crippen molar-refractivity contribution in [2.75, 3.05) is 24.2 Å². The average molecular weight is 296 g/mol. The molecule has 1 heterocycles. The molecule has 7 heteroatoms. The summed E-state index contributed by atoms with van der Waals surface area (Å²) in [5.74, 6) is -0.778. The highest BCUT2D eigenvalue weighted by atomic mass is 32.2. The van der Waals surface area contributed by atoms with Gasteiger partial charge in [0.1, 0.15) is 5.25 Å². The SMILES string of the molecule is CC(C(=O)N1CCNC(=O)c2ccccc21)S(C)(=O)=O. The Morgan fingerprint density at radius 3 is 2.65 bits per heavy atom. The van der Waals surface area contributed by atoms with Gasteiger partial charge in [0.2, 0.25) is 5.91 Å². The van der Waals surface area contributed by atoms with Gasteiger partial charge in [0, 0.05) is 19.3 Å². The van der Waals surface area contributed by atoms with Crippen LogP contribution in [0.4, 0.5) is 5.69 Å². The van der Waals surface area contributed by atoms with Crippen molar-refractivity contribution in [3.63, 3.8) is 0 Å². The van der Waals surface area contributed by atoms with E-state index in [0.717, 1.165) is 6.26 Å². The molecule has 6 nitrogen and oxygen atoms in total. The summed E-state index contributed by atoms with van der Waals surface area (Å²) in [5.41, 5.74) is 0.821. The van der Waals surface area contributed by atoms with E-state index in [1.54, 1.807) is 24.3 Å². The Morgan fingerprint density at radius 1 is 1.35 bits per heavy atom. The Hall–Kier alpha value is -1.89. The maximum atomic E-state index is 12.4. The molecule has 0 radical (unpaired) electrons. The first-order valence-electron chi connectivity index (χ1n) is 6.20. The van der Waals surface area contributed by atoms with E-state index in [1.165, 1.54) is 11.8 Å². The number of amides is 2. The molecule has 0 fully saturated rings. The van der Waals surface area contributed by atoms with Gasteiger partial charge in [-0.15, -0.1) is 0 Å². The zero-order valence-electron chi connectivity index (χ0n) is 11.3. The zero-order chi connectivity index (χ0) is 14.9. The number of rotatable bonds is 2. The number of para-hydroxylation sites is 1. The Morgan fingerprint density at radius 2 is 2.00 bits per heavy atom. The van der Waals surface area contributed by atoms with Crippen molar-refractivity contribution in [2.24, 2.45) is 0 Å². The number of carbonyl (C=O) groups is 2. The number of nitrogens with zero attached hydrogens (tertiary/aromatic N) is 1. The van der Waals surface area contributed by atoms with E-state index in [9.17, 15) is 18.0 Å². The number of benzene rings is 1. The first-order chi connectivity index (χ1) is 9.32. The molecule has 0 saturated carbocycles. The zero-order valence-corrected chi connectivity index (χ0v) is 12.1. The molecule has 108 valence electrons. The summed E-state index contributed by atoms with van der Waals surface area (Å²) in [6.45, 7) is 1.90. The minimum absolute atomic E-state index is 0.251. The molecule has 1 unspecified atom stereocenters. The van der Waals surface area contributed by atoms with E-state index in [2.05, 4.69) is 5.32 Å². The molecule has 0 aliphatic carbocycles. The van der Waals surface area contributed by atoms with Crippen LogP contribution in [0.25, 0.3) is 0 Å². The van der Waals surface area contributed by atoms with Crippen LogP contribution in [0.1, 0.15) is 17.3 Å². The number of sulfone groups is 1. The van der Waals surface area contributed by atoms with Crippen LogP contribution in [0, 0.1) is 0 Å². The minimum Gasteiger partial charge on any atom is -0.350 e. The Kier molecular flexibility index (Phi) is 3.80.